The van der Waals surface area contributed by atoms with E-state index < -0.39 is 0 Å². The molecule has 2 N–H and O–H groups in total. The van der Waals surface area contributed by atoms with Crippen molar-refractivity contribution in [3.63, 3.8) is 0 Å². The first-order valence-electron chi connectivity index (χ1n) is 8.83. The van der Waals surface area contributed by atoms with Crippen LogP contribution in [0.25, 0.3) is 11.3 Å². The molecule has 1 aliphatic rings. The van der Waals surface area contributed by atoms with E-state index in [0.717, 1.165) is 28.8 Å². The largest absolute Gasteiger partial charge is 0.330 e. The summed E-state index contributed by atoms with van der Waals surface area (Å²) in [7, 11) is 1.92. The van der Waals surface area contributed by atoms with Gasteiger partial charge in [-0.2, -0.15) is 5.10 Å². The third kappa shape index (κ3) is 2.91. The zero-order valence-electron chi connectivity index (χ0n) is 14.8. The number of carbonyl (C=O) groups excluding carboxylic acids is 1. The monoisotopic (exact) mass is 346 g/mol. The molecule has 2 heterocycles. The van der Waals surface area contributed by atoms with E-state index in [2.05, 4.69) is 23.3 Å². The smallest absolute Gasteiger partial charge is 0.254 e. The van der Waals surface area contributed by atoms with Gasteiger partial charge in [0.05, 0.1) is 5.69 Å². The molecule has 1 unspecified atom stereocenters. The van der Waals surface area contributed by atoms with Gasteiger partial charge in [0.2, 0.25) is 0 Å². The number of aromatic nitrogens is 2. The number of rotatable bonds is 5. The van der Waals surface area contributed by atoms with Gasteiger partial charge in [-0.1, -0.05) is 36.4 Å². The molecule has 5 heteroatoms. The predicted molar refractivity (Wildman–Crippen MR) is 102 cm³/mol. The summed E-state index contributed by atoms with van der Waals surface area (Å²) in [6, 6.07) is 18.2. The number of carbonyl (C=O) groups is 1. The van der Waals surface area contributed by atoms with Crippen LogP contribution < -0.4 is 5.73 Å². The number of benzene rings is 2. The van der Waals surface area contributed by atoms with Gasteiger partial charge in [-0.25, -0.2) is 0 Å². The van der Waals surface area contributed by atoms with E-state index in [1.54, 1.807) is 6.20 Å². The highest BCUT2D eigenvalue weighted by molar-refractivity contribution is 5.99. The van der Waals surface area contributed by atoms with Gasteiger partial charge in [-0.15, -0.1) is 0 Å². The number of fused-ring (bicyclic) bond motifs is 1. The van der Waals surface area contributed by atoms with Crippen LogP contribution in [-0.2, 0) is 20.0 Å². The van der Waals surface area contributed by atoms with Crippen LogP contribution >= 0.6 is 0 Å². The SMILES string of the molecule is Cn1nccc1-c1ccc2c(c1)CN(C(CN)Cc1ccccc1)C2=O. The average Bonchev–Trinajstić information content (AvgIpc) is 3.24. The van der Waals surface area contributed by atoms with Crippen LogP contribution in [0.5, 0.6) is 0 Å². The molecule has 0 saturated carbocycles. The zero-order valence-corrected chi connectivity index (χ0v) is 14.8. The number of nitrogens with zero attached hydrogens (tertiary/aromatic N) is 3. The van der Waals surface area contributed by atoms with Crippen molar-refractivity contribution in [2.24, 2.45) is 12.8 Å². The highest BCUT2D eigenvalue weighted by Crippen LogP contribution is 2.30. The number of nitrogens with two attached hydrogens (primary N) is 1. The summed E-state index contributed by atoms with van der Waals surface area (Å²) in [5, 5.41) is 4.23. The summed E-state index contributed by atoms with van der Waals surface area (Å²) in [6.45, 7) is 1.05. The zero-order chi connectivity index (χ0) is 18.1. The van der Waals surface area contributed by atoms with Gasteiger partial charge in [0, 0.05) is 43.5 Å². The van der Waals surface area contributed by atoms with Gasteiger partial charge in [-0.05, 0) is 35.7 Å². The van der Waals surface area contributed by atoms with E-state index in [4.69, 9.17) is 5.73 Å². The second kappa shape index (κ2) is 6.77. The van der Waals surface area contributed by atoms with E-state index in [0.29, 0.717) is 13.1 Å². The normalized spacial score (nSPS) is 14.5. The third-order valence-electron chi connectivity index (χ3n) is 5.08. The molecule has 4 rings (SSSR count). The van der Waals surface area contributed by atoms with Gasteiger partial charge in [-0.3, -0.25) is 9.48 Å². The maximum absolute atomic E-state index is 12.9. The fourth-order valence-electron chi connectivity index (χ4n) is 3.66. The molecule has 0 saturated heterocycles. The maximum Gasteiger partial charge on any atom is 0.254 e. The molecule has 0 bridgehead atoms. The molecule has 132 valence electrons. The lowest BCUT2D eigenvalue weighted by Crippen LogP contribution is -2.42. The Labute approximate surface area is 153 Å². The number of amides is 1. The van der Waals surface area contributed by atoms with Crippen molar-refractivity contribution in [2.45, 2.75) is 19.0 Å². The van der Waals surface area contributed by atoms with Crippen LogP contribution in [0.1, 0.15) is 21.5 Å². The summed E-state index contributed by atoms with van der Waals surface area (Å²) >= 11 is 0. The summed E-state index contributed by atoms with van der Waals surface area (Å²) in [5.41, 5.74) is 11.2. The molecular formula is C21H22N4O. The lowest BCUT2D eigenvalue weighted by Gasteiger charge is -2.26. The Hall–Kier alpha value is -2.92. The van der Waals surface area contributed by atoms with Crippen LogP contribution in [0.15, 0.2) is 60.8 Å². The molecule has 0 radical (unpaired) electrons. The molecule has 3 aromatic rings. The molecule has 5 nitrogen and oxygen atoms in total. The molecule has 1 atom stereocenters. The summed E-state index contributed by atoms with van der Waals surface area (Å²) < 4.78 is 1.84. The Morgan fingerprint density at radius 3 is 2.65 bits per heavy atom. The molecule has 0 spiro atoms. The van der Waals surface area contributed by atoms with E-state index >= 15 is 0 Å². The van der Waals surface area contributed by atoms with Crippen molar-refractivity contribution in [3.8, 4) is 11.3 Å². The molecule has 0 aliphatic carbocycles. The van der Waals surface area contributed by atoms with E-state index in [1.807, 2.05) is 53.0 Å². The van der Waals surface area contributed by atoms with Crippen LogP contribution in [0.4, 0.5) is 0 Å². The van der Waals surface area contributed by atoms with Crippen LogP contribution in [-0.4, -0.2) is 33.2 Å². The van der Waals surface area contributed by atoms with Crippen LogP contribution in [0, 0.1) is 0 Å². The van der Waals surface area contributed by atoms with Crippen LogP contribution in [0.2, 0.25) is 0 Å². The van der Waals surface area contributed by atoms with E-state index in [1.165, 1.54) is 5.56 Å². The fourth-order valence-corrected chi connectivity index (χ4v) is 3.66. The van der Waals surface area contributed by atoms with E-state index in [-0.39, 0.29) is 11.9 Å². The summed E-state index contributed by atoms with van der Waals surface area (Å²) in [5.74, 6) is 0.0722. The molecule has 1 aromatic heterocycles. The van der Waals surface area contributed by atoms with Crippen molar-refractivity contribution in [1.29, 1.82) is 0 Å². The average molecular weight is 346 g/mol. The lowest BCUT2D eigenvalue weighted by atomic mass is 10.0. The summed E-state index contributed by atoms with van der Waals surface area (Å²) in [6.07, 6.45) is 2.55. The van der Waals surface area contributed by atoms with Crippen molar-refractivity contribution in [1.82, 2.24) is 14.7 Å². The lowest BCUT2D eigenvalue weighted by molar-refractivity contribution is 0.0708. The second-order valence-electron chi connectivity index (χ2n) is 6.72. The van der Waals surface area contributed by atoms with E-state index in [9.17, 15) is 4.79 Å². The van der Waals surface area contributed by atoms with Gasteiger partial charge in [0.15, 0.2) is 0 Å². The predicted octanol–water partition coefficient (Wildman–Crippen LogP) is 2.61. The minimum atomic E-state index is -0.00236. The topological polar surface area (TPSA) is 64.2 Å². The Kier molecular flexibility index (Phi) is 4.31. The number of hydrogen-bond donors (Lipinski definition) is 1. The first-order chi connectivity index (χ1) is 12.7. The van der Waals surface area contributed by atoms with Crippen molar-refractivity contribution in [3.05, 3.63) is 77.5 Å². The third-order valence-corrected chi connectivity index (χ3v) is 5.08. The van der Waals surface area contributed by atoms with Gasteiger partial charge < -0.3 is 10.6 Å². The molecule has 1 aliphatic heterocycles. The number of hydrogen-bond acceptors (Lipinski definition) is 3. The fraction of sp³-hybridized carbons (Fsp3) is 0.238. The van der Waals surface area contributed by atoms with Crippen molar-refractivity contribution < 1.29 is 4.79 Å². The molecule has 0 fully saturated rings. The number of aryl methyl sites for hydroxylation is 1. The highest BCUT2D eigenvalue weighted by atomic mass is 16.2. The molecule has 26 heavy (non-hydrogen) atoms. The molecule has 2 aromatic carbocycles. The first-order valence-corrected chi connectivity index (χ1v) is 8.83. The Morgan fingerprint density at radius 1 is 1.15 bits per heavy atom. The quantitative estimate of drug-likeness (QED) is 0.772. The van der Waals surface area contributed by atoms with Gasteiger partial charge >= 0.3 is 0 Å². The van der Waals surface area contributed by atoms with Gasteiger partial charge in [0.25, 0.3) is 5.91 Å². The Morgan fingerprint density at radius 2 is 1.96 bits per heavy atom. The Bertz CT molecular complexity index is 932. The van der Waals surface area contributed by atoms with Crippen LogP contribution in [0.3, 0.4) is 0 Å². The van der Waals surface area contributed by atoms with Crippen molar-refractivity contribution >= 4 is 5.91 Å². The molecular weight excluding hydrogens is 324 g/mol. The maximum atomic E-state index is 12.9. The van der Waals surface area contributed by atoms with Crippen molar-refractivity contribution in [2.75, 3.05) is 6.54 Å². The Balaban J connectivity index is 1.60. The minimum Gasteiger partial charge on any atom is -0.330 e. The second-order valence-corrected chi connectivity index (χ2v) is 6.72. The highest BCUT2D eigenvalue weighted by Gasteiger charge is 2.32. The van der Waals surface area contributed by atoms with Gasteiger partial charge in [0.1, 0.15) is 0 Å². The first kappa shape index (κ1) is 16.5. The standard InChI is InChI=1S/C21H22N4O/c1-24-20(9-10-23-24)16-7-8-19-17(12-16)14-25(21(19)26)18(13-22)11-15-5-3-2-4-6-15/h2-10,12,18H,11,13-14,22H2,1H3. The summed E-state index contributed by atoms with van der Waals surface area (Å²) in [4.78, 5) is 14.8. The molecule has 1 amide bonds. The minimum absolute atomic E-state index is 0.00236.